The molecule has 0 amide bonds. The standard InChI is InChI=1S/C19H23NO5S2/c1-3-26(21,22)17-9-11-18(12-10-17)27(23,24)20-13-5-8-19(20)15-6-4-7-16(14-15)25-2/h4,6-7,9-12,14,19H,3,5,8,13H2,1-2H3. The highest BCUT2D eigenvalue weighted by molar-refractivity contribution is 7.91. The van der Waals surface area contributed by atoms with E-state index in [2.05, 4.69) is 0 Å². The largest absolute Gasteiger partial charge is 0.497 e. The summed E-state index contributed by atoms with van der Waals surface area (Å²) in [7, 11) is -5.51. The van der Waals surface area contributed by atoms with Crippen molar-refractivity contribution in [1.29, 1.82) is 0 Å². The van der Waals surface area contributed by atoms with Crippen molar-refractivity contribution in [2.45, 2.75) is 35.6 Å². The number of benzene rings is 2. The van der Waals surface area contributed by atoms with Crippen molar-refractivity contribution in [1.82, 2.24) is 4.31 Å². The minimum atomic E-state index is -3.73. The van der Waals surface area contributed by atoms with Crippen LogP contribution in [0, 0.1) is 0 Å². The Morgan fingerprint density at radius 1 is 1.04 bits per heavy atom. The van der Waals surface area contributed by atoms with Gasteiger partial charge >= 0.3 is 0 Å². The zero-order valence-corrected chi connectivity index (χ0v) is 17.0. The summed E-state index contributed by atoms with van der Waals surface area (Å²) in [5.74, 6) is 0.661. The molecule has 2 aromatic carbocycles. The Hall–Kier alpha value is -1.90. The van der Waals surface area contributed by atoms with Gasteiger partial charge in [-0.15, -0.1) is 0 Å². The quantitative estimate of drug-likeness (QED) is 0.733. The molecule has 0 bridgehead atoms. The fraction of sp³-hybridized carbons (Fsp3) is 0.368. The first kappa shape index (κ1) is 19.9. The van der Waals surface area contributed by atoms with Crippen LogP contribution in [0.5, 0.6) is 5.75 Å². The van der Waals surface area contributed by atoms with Gasteiger partial charge in [0, 0.05) is 6.54 Å². The van der Waals surface area contributed by atoms with Crippen molar-refractivity contribution in [2.24, 2.45) is 0 Å². The molecule has 1 unspecified atom stereocenters. The van der Waals surface area contributed by atoms with E-state index in [-0.39, 0.29) is 21.6 Å². The van der Waals surface area contributed by atoms with Crippen LogP contribution >= 0.6 is 0 Å². The summed E-state index contributed by atoms with van der Waals surface area (Å²) in [5.41, 5.74) is 0.889. The topological polar surface area (TPSA) is 80.8 Å². The molecule has 8 heteroatoms. The fourth-order valence-electron chi connectivity index (χ4n) is 3.33. The van der Waals surface area contributed by atoms with Crippen LogP contribution in [0.4, 0.5) is 0 Å². The molecule has 0 aliphatic carbocycles. The van der Waals surface area contributed by atoms with E-state index < -0.39 is 19.9 Å². The lowest BCUT2D eigenvalue weighted by Crippen LogP contribution is -2.30. The van der Waals surface area contributed by atoms with Gasteiger partial charge in [-0.25, -0.2) is 16.8 Å². The molecule has 0 saturated carbocycles. The number of nitrogens with zero attached hydrogens (tertiary/aromatic N) is 1. The number of methoxy groups -OCH3 is 1. The lowest BCUT2D eigenvalue weighted by atomic mass is 10.1. The molecule has 2 aromatic rings. The van der Waals surface area contributed by atoms with Crippen molar-refractivity contribution >= 4 is 19.9 Å². The van der Waals surface area contributed by atoms with Crippen molar-refractivity contribution in [3.05, 3.63) is 54.1 Å². The first-order valence-corrected chi connectivity index (χ1v) is 11.9. The SMILES string of the molecule is CCS(=O)(=O)c1ccc(S(=O)(=O)N2CCCC2c2cccc(OC)c2)cc1. The van der Waals surface area contributed by atoms with Crippen molar-refractivity contribution < 1.29 is 21.6 Å². The Morgan fingerprint density at radius 2 is 1.70 bits per heavy atom. The average molecular weight is 410 g/mol. The van der Waals surface area contributed by atoms with Crippen LogP contribution in [0.25, 0.3) is 0 Å². The Morgan fingerprint density at radius 3 is 2.33 bits per heavy atom. The zero-order valence-electron chi connectivity index (χ0n) is 15.3. The maximum Gasteiger partial charge on any atom is 0.243 e. The second-order valence-corrected chi connectivity index (χ2v) is 10.6. The second-order valence-electron chi connectivity index (χ2n) is 6.43. The lowest BCUT2D eigenvalue weighted by molar-refractivity contribution is 0.390. The van der Waals surface area contributed by atoms with Crippen LogP contribution in [-0.4, -0.2) is 40.5 Å². The van der Waals surface area contributed by atoms with E-state index in [1.165, 1.54) is 28.6 Å². The van der Waals surface area contributed by atoms with Gasteiger partial charge in [-0.3, -0.25) is 0 Å². The third-order valence-electron chi connectivity index (χ3n) is 4.85. The number of rotatable bonds is 6. The minimum Gasteiger partial charge on any atom is -0.497 e. The maximum absolute atomic E-state index is 13.1. The molecule has 0 spiro atoms. The van der Waals surface area contributed by atoms with Gasteiger partial charge in [0.05, 0.1) is 28.7 Å². The van der Waals surface area contributed by atoms with Gasteiger partial charge in [-0.05, 0) is 54.8 Å². The molecule has 27 heavy (non-hydrogen) atoms. The van der Waals surface area contributed by atoms with Gasteiger partial charge in [0.2, 0.25) is 10.0 Å². The summed E-state index contributed by atoms with van der Waals surface area (Å²) >= 11 is 0. The number of hydrogen-bond donors (Lipinski definition) is 0. The molecule has 6 nitrogen and oxygen atoms in total. The number of sulfonamides is 1. The van der Waals surface area contributed by atoms with Crippen LogP contribution in [0.15, 0.2) is 58.3 Å². The van der Waals surface area contributed by atoms with Gasteiger partial charge in [0.1, 0.15) is 5.75 Å². The molecule has 3 rings (SSSR count). The van der Waals surface area contributed by atoms with E-state index in [0.717, 1.165) is 18.4 Å². The van der Waals surface area contributed by atoms with E-state index in [0.29, 0.717) is 12.3 Å². The summed E-state index contributed by atoms with van der Waals surface area (Å²) in [6.45, 7) is 1.99. The average Bonchev–Trinajstić information content (AvgIpc) is 3.19. The van der Waals surface area contributed by atoms with Crippen LogP contribution < -0.4 is 4.74 Å². The van der Waals surface area contributed by atoms with E-state index >= 15 is 0 Å². The highest BCUT2D eigenvalue weighted by atomic mass is 32.2. The van der Waals surface area contributed by atoms with Crippen LogP contribution in [0.1, 0.15) is 31.4 Å². The number of ether oxygens (including phenoxy) is 1. The predicted octanol–water partition coefficient (Wildman–Crippen LogP) is 3.01. The molecule has 0 N–H and O–H groups in total. The molecule has 1 saturated heterocycles. The molecular formula is C19H23NO5S2. The normalized spacial score (nSPS) is 18.5. The van der Waals surface area contributed by atoms with E-state index in [4.69, 9.17) is 4.74 Å². The summed E-state index contributed by atoms with van der Waals surface area (Å²) in [6, 6.07) is 12.6. The summed E-state index contributed by atoms with van der Waals surface area (Å²) in [5, 5.41) is 0. The van der Waals surface area contributed by atoms with Gasteiger partial charge in [0.25, 0.3) is 0 Å². The highest BCUT2D eigenvalue weighted by Gasteiger charge is 2.36. The van der Waals surface area contributed by atoms with Crippen LogP contribution in [0.2, 0.25) is 0 Å². The maximum atomic E-state index is 13.1. The van der Waals surface area contributed by atoms with E-state index in [1.54, 1.807) is 14.0 Å². The Bertz CT molecular complexity index is 1010. The molecule has 1 atom stereocenters. The van der Waals surface area contributed by atoms with E-state index in [9.17, 15) is 16.8 Å². The monoisotopic (exact) mass is 409 g/mol. The lowest BCUT2D eigenvalue weighted by Gasteiger charge is -2.25. The third-order valence-corrected chi connectivity index (χ3v) is 8.52. The highest BCUT2D eigenvalue weighted by Crippen LogP contribution is 2.37. The third kappa shape index (κ3) is 3.88. The predicted molar refractivity (Wildman–Crippen MR) is 103 cm³/mol. The fourth-order valence-corrected chi connectivity index (χ4v) is 5.90. The molecule has 0 aromatic heterocycles. The van der Waals surface area contributed by atoms with Crippen molar-refractivity contribution in [2.75, 3.05) is 19.4 Å². The molecule has 1 fully saturated rings. The minimum absolute atomic E-state index is 0.0247. The van der Waals surface area contributed by atoms with Gasteiger partial charge in [-0.1, -0.05) is 19.1 Å². The smallest absolute Gasteiger partial charge is 0.243 e. The van der Waals surface area contributed by atoms with E-state index in [1.807, 2.05) is 24.3 Å². The van der Waals surface area contributed by atoms with Crippen LogP contribution in [-0.2, 0) is 19.9 Å². The molecule has 1 heterocycles. The summed E-state index contributed by atoms with van der Waals surface area (Å²) in [4.78, 5) is 0.238. The van der Waals surface area contributed by atoms with Crippen LogP contribution in [0.3, 0.4) is 0 Å². The summed E-state index contributed by atoms with van der Waals surface area (Å²) < 4.78 is 56.9. The Labute approximate surface area is 160 Å². The number of hydrogen-bond acceptors (Lipinski definition) is 5. The molecule has 0 radical (unpaired) electrons. The van der Waals surface area contributed by atoms with Crippen molar-refractivity contribution in [3.8, 4) is 5.75 Å². The molecular weight excluding hydrogens is 386 g/mol. The molecule has 1 aliphatic heterocycles. The Balaban J connectivity index is 1.93. The first-order valence-electron chi connectivity index (χ1n) is 8.78. The molecule has 146 valence electrons. The first-order chi connectivity index (χ1) is 12.8. The number of sulfone groups is 1. The second kappa shape index (κ2) is 7.61. The van der Waals surface area contributed by atoms with Gasteiger partial charge in [0.15, 0.2) is 9.84 Å². The van der Waals surface area contributed by atoms with Gasteiger partial charge in [-0.2, -0.15) is 4.31 Å². The zero-order chi connectivity index (χ0) is 19.7. The summed E-state index contributed by atoms with van der Waals surface area (Å²) in [6.07, 6.45) is 1.50. The van der Waals surface area contributed by atoms with Crippen molar-refractivity contribution in [3.63, 3.8) is 0 Å². The molecule has 1 aliphatic rings. The van der Waals surface area contributed by atoms with Gasteiger partial charge < -0.3 is 4.74 Å². The Kier molecular flexibility index (Phi) is 5.60.